The van der Waals surface area contributed by atoms with Crippen molar-refractivity contribution < 1.29 is 0 Å². The second kappa shape index (κ2) is 4.05. The van der Waals surface area contributed by atoms with Gasteiger partial charge in [0.15, 0.2) is 5.82 Å². The van der Waals surface area contributed by atoms with Crippen molar-refractivity contribution in [3.05, 3.63) is 5.82 Å². The molecule has 2 aliphatic carbocycles. The van der Waals surface area contributed by atoms with Crippen LogP contribution in [0.25, 0.3) is 0 Å². The summed E-state index contributed by atoms with van der Waals surface area (Å²) >= 11 is 0. The van der Waals surface area contributed by atoms with Crippen LogP contribution in [0.4, 0.5) is 0 Å². The third kappa shape index (κ3) is 2.20. The zero-order valence-electron chi connectivity index (χ0n) is 10.7. The van der Waals surface area contributed by atoms with Crippen molar-refractivity contribution in [1.29, 1.82) is 0 Å². The van der Waals surface area contributed by atoms with Gasteiger partial charge in [-0.1, -0.05) is 6.92 Å². The first kappa shape index (κ1) is 11.1. The number of nitrogens with zero attached hydrogens (tertiary/aromatic N) is 4. The number of aryl methyl sites for hydroxylation is 1. The maximum absolute atomic E-state index is 4.33. The number of rotatable bonds is 5. The van der Waals surface area contributed by atoms with Crippen molar-refractivity contribution in [3.63, 3.8) is 0 Å². The predicted octanol–water partition coefficient (Wildman–Crippen LogP) is 0.778. The molecule has 17 heavy (non-hydrogen) atoms. The third-order valence-electron chi connectivity index (χ3n) is 4.29. The Hall–Kier alpha value is -0.970. The molecule has 2 atom stereocenters. The van der Waals surface area contributed by atoms with E-state index in [2.05, 4.69) is 27.7 Å². The topological polar surface area (TPSA) is 55.6 Å². The highest BCUT2D eigenvalue weighted by Crippen LogP contribution is 2.60. The van der Waals surface area contributed by atoms with E-state index in [1.807, 2.05) is 7.05 Å². The van der Waals surface area contributed by atoms with Crippen LogP contribution in [0.1, 0.15) is 32.0 Å². The molecule has 1 aromatic rings. The lowest BCUT2D eigenvalue weighted by molar-refractivity contribution is 0.245. The van der Waals surface area contributed by atoms with Gasteiger partial charge in [0.05, 0.1) is 7.05 Å². The Bertz CT molecular complexity index is 389. The fourth-order valence-electron chi connectivity index (χ4n) is 3.48. The van der Waals surface area contributed by atoms with Crippen LogP contribution in [0.5, 0.6) is 0 Å². The summed E-state index contributed by atoms with van der Waals surface area (Å²) in [5.41, 5.74) is 0.395. The molecule has 3 rings (SSSR count). The van der Waals surface area contributed by atoms with Gasteiger partial charge in [-0.2, -0.15) is 4.80 Å². The normalized spacial score (nSPS) is 34.9. The number of tetrazole rings is 1. The van der Waals surface area contributed by atoms with Crippen molar-refractivity contribution in [3.8, 4) is 0 Å². The van der Waals surface area contributed by atoms with Gasteiger partial charge in [0.2, 0.25) is 0 Å². The maximum atomic E-state index is 4.33. The molecule has 0 aliphatic heterocycles. The van der Waals surface area contributed by atoms with Crippen LogP contribution < -0.4 is 5.32 Å². The van der Waals surface area contributed by atoms with E-state index in [1.165, 1.54) is 19.3 Å². The van der Waals surface area contributed by atoms with Crippen LogP contribution in [0.2, 0.25) is 0 Å². The lowest BCUT2D eigenvalue weighted by atomic mass is 9.79. The Kier molecular flexibility index (Phi) is 2.65. The van der Waals surface area contributed by atoms with Crippen molar-refractivity contribution in [2.24, 2.45) is 24.3 Å². The van der Waals surface area contributed by atoms with Crippen molar-refractivity contribution in [1.82, 2.24) is 25.5 Å². The van der Waals surface area contributed by atoms with Crippen LogP contribution in [0.3, 0.4) is 0 Å². The summed E-state index contributed by atoms with van der Waals surface area (Å²) in [7, 11) is 1.83. The first-order valence-electron chi connectivity index (χ1n) is 6.64. The van der Waals surface area contributed by atoms with Crippen LogP contribution in [0, 0.1) is 17.3 Å². The van der Waals surface area contributed by atoms with E-state index in [9.17, 15) is 0 Å². The number of aromatic nitrogens is 4. The molecular weight excluding hydrogens is 214 g/mol. The fourth-order valence-corrected chi connectivity index (χ4v) is 3.48. The van der Waals surface area contributed by atoms with E-state index in [-0.39, 0.29) is 0 Å². The summed E-state index contributed by atoms with van der Waals surface area (Å²) in [5, 5.41) is 15.9. The predicted molar refractivity (Wildman–Crippen MR) is 64.3 cm³/mol. The largest absolute Gasteiger partial charge is 0.316 e. The van der Waals surface area contributed by atoms with Gasteiger partial charge in [-0.05, 0) is 48.3 Å². The summed E-state index contributed by atoms with van der Waals surface area (Å²) in [5.74, 6) is 2.89. The molecule has 94 valence electrons. The van der Waals surface area contributed by atoms with Gasteiger partial charge >= 0.3 is 0 Å². The molecule has 0 spiro atoms. The number of fused-ring (bicyclic) bond motifs is 1. The molecule has 1 aromatic heterocycles. The molecule has 2 aliphatic rings. The molecule has 5 heteroatoms. The summed E-state index contributed by atoms with van der Waals surface area (Å²) in [6.07, 6.45) is 5.15. The van der Waals surface area contributed by atoms with Crippen LogP contribution >= 0.6 is 0 Å². The molecule has 0 saturated heterocycles. The van der Waals surface area contributed by atoms with Gasteiger partial charge in [-0.15, -0.1) is 10.2 Å². The minimum Gasteiger partial charge on any atom is -0.316 e. The highest BCUT2D eigenvalue weighted by molar-refractivity contribution is 5.07. The van der Waals surface area contributed by atoms with Gasteiger partial charge in [0, 0.05) is 13.0 Å². The monoisotopic (exact) mass is 235 g/mol. The highest BCUT2D eigenvalue weighted by Gasteiger charge is 2.53. The molecule has 2 unspecified atom stereocenters. The molecule has 1 heterocycles. The number of hydrogen-bond donors (Lipinski definition) is 1. The molecule has 5 nitrogen and oxygen atoms in total. The zero-order chi connectivity index (χ0) is 11.9. The molecule has 2 saturated carbocycles. The van der Waals surface area contributed by atoms with Gasteiger partial charge in [-0.3, -0.25) is 0 Å². The fraction of sp³-hybridized carbons (Fsp3) is 0.917. The molecule has 0 aromatic carbocycles. The summed E-state index contributed by atoms with van der Waals surface area (Å²) in [6, 6.07) is 0. The quantitative estimate of drug-likeness (QED) is 0.819. The Morgan fingerprint density at radius 1 is 1.41 bits per heavy atom. The molecule has 0 bridgehead atoms. The Morgan fingerprint density at radius 2 is 2.18 bits per heavy atom. The number of hydrogen-bond acceptors (Lipinski definition) is 4. The SMILES string of the molecule is CCNCC1(Cc2nnn(C)n2)CC2CC2C1. The minimum atomic E-state index is 0.395. The first-order chi connectivity index (χ1) is 8.21. The maximum Gasteiger partial charge on any atom is 0.175 e. The highest BCUT2D eigenvalue weighted by atomic mass is 15.6. The van der Waals surface area contributed by atoms with Crippen LogP contribution in [0.15, 0.2) is 0 Å². The zero-order valence-corrected chi connectivity index (χ0v) is 10.7. The van der Waals surface area contributed by atoms with Gasteiger partial charge in [-0.25, -0.2) is 0 Å². The van der Waals surface area contributed by atoms with E-state index >= 15 is 0 Å². The third-order valence-corrected chi connectivity index (χ3v) is 4.29. The Morgan fingerprint density at radius 3 is 2.76 bits per heavy atom. The summed E-state index contributed by atoms with van der Waals surface area (Å²) in [6.45, 7) is 4.32. The van der Waals surface area contributed by atoms with Crippen molar-refractivity contribution in [2.45, 2.75) is 32.6 Å². The molecular formula is C12H21N5. The second-order valence-corrected chi connectivity index (χ2v) is 5.82. The second-order valence-electron chi connectivity index (χ2n) is 5.82. The molecule has 2 fully saturated rings. The summed E-state index contributed by atoms with van der Waals surface area (Å²) < 4.78 is 0. The average Bonchev–Trinajstić information content (AvgIpc) is 2.72. The lowest BCUT2D eigenvalue weighted by Crippen LogP contribution is -2.35. The van der Waals surface area contributed by atoms with E-state index in [0.717, 1.165) is 37.2 Å². The molecule has 1 N–H and O–H groups in total. The summed E-state index contributed by atoms with van der Waals surface area (Å²) in [4.78, 5) is 1.56. The minimum absolute atomic E-state index is 0.395. The van der Waals surface area contributed by atoms with Gasteiger partial charge in [0.25, 0.3) is 0 Å². The van der Waals surface area contributed by atoms with Crippen molar-refractivity contribution >= 4 is 0 Å². The van der Waals surface area contributed by atoms with E-state index in [4.69, 9.17) is 0 Å². The van der Waals surface area contributed by atoms with Crippen LogP contribution in [-0.4, -0.2) is 33.3 Å². The van der Waals surface area contributed by atoms with E-state index in [1.54, 1.807) is 4.80 Å². The van der Waals surface area contributed by atoms with E-state index in [0.29, 0.717) is 5.41 Å². The molecule has 0 radical (unpaired) electrons. The van der Waals surface area contributed by atoms with Gasteiger partial charge < -0.3 is 5.32 Å². The Balaban J connectivity index is 1.70. The van der Waals surface area contributed by atoms with E-state index < -0.39 is 0 Å². The Labute approximate surface area is 102 Å². The number of nitrogens with one attached hydrogen (secondary N) is 1. The lowest BCUT2D eigenvalue weighted by Gasteiger charge is -2.29. The smallest absolute Gasteiger partial charge is 0.175 e. The average molecular weight is 235 g/mol. The van der Waals surface area contributed by atoms with Crippen molar-refractivity contribution in [2.75, 3.05) is 13.1 Å². The van der Waals surface area contributed by atoms with Crippen LogP contribution in [-0.2, 0) is 13.5 Å². The van der Waals surface area contributed by atoms with Gasteiger partial charge in [0.1, 0.15) is 0 Å². The first-order valence-corrected chi connectivity index (χ1v) is 6.64. The standard InChI is InChI=1S/C12H21N5/c1-3-13-8-12(5-9-4-10(9)6-12)7-11-14-16-17(2)15-11/h9-10,13H,3-8H2,1-2H3. The molecule has 0 amide bonds.